The molecule has 3 atom stereocenters. The van der Waals surface area contributed by atoms with Gasteiger partial charge in [0.15, 0.2) is 5.82 Å². The van der Waals surface area contributed by atoms with Crippen molar-refractivity contribution in [3.05, 3.63) is 27.8 Å². The number of rotatable bonds is 7. The summed E-state index contributed by atoms with van der Waals surface area (Å²) < 4.78 is 2.04. The number of aliphatic carboxylic acids is 1. The Morgan fingerprint density at radius 2 is 1.77 bits per heavy atom. The van der Waals surface area contributed by atoms with E-state index in [4.69, 9.17) is 4.98 Å². The van der Waals surface area contributed by atoms with Crippen molar-refractivity contribution in [3.63, 3.8) is 0 Å². The summed E-state index contributed by atoms with van der Waals surface area (Å²) in [7, 11) is 3.68. The van der Waals surface area contributed by atoms with Crippen LogP contribution in [0.4, 0.5) is 5.82 Å². The zero-order valence-corrected chi connectivity index (χ0v) is 25.3. The van der Waals surface area contributed by atoms with Crippen LogP contribution < -0.4 is 10.5 Å². The number of carboxylic acid groups (broad SMARTS) is 1. The predicted octanol–water partition coefficient (Wildman–Crippen LogP) is 5.10. The maximum Gasteiger partial charge on any atom is 0.324 e. The standard InChI is InChI=1S/C32H51N5O3/c1-23-16-17-26(36(23)25-12-8-6-5-7-9-13-25)22-24(2)37-28-15-11-10-14-27(28)33-29(30(37)38)35-20-18-32(19-21-35,31(39)40)34(3)4/h11,15,23-26H,5-10,12-14,16-22H2,1-4H3,(H,39,40)/t23?,24-,26-/m0/s1. The first-order chi connectivity index (χ1) is 19.2. The van der Waals surface area contributed by atoms with E-state index in [-0.39, 0.29) is 11.6 Å². The van der Waals surface area contributed by atoms with E-state index in [9.17, 15) is 14.7 Å². The van der Waals surface area contributed by atoms with Gasteiger partial charge >= 0.3 is 5.97 Å². The number of likely N-dealkylation sites (tertiary alicyclic amines) is 1. The van der Waals surface area contributed by atoms with Gasteiger partial charge in [-0.25, -0.2) is 4.98 Å². The topological polar surface area (TPSA) is 81.9 Å². The summed E-state index contributed by atoms with van der Waals surface area (Å²) in [6.45, 7) is 5.67. The van der Waals surface area contributed by atoms with Gasteiger partial charge in [-0.1, -0.05) is 38.2 Å². The Morgan fingerprint density at radius 1 is 1.10 bits per heavy atom. The van der Waals surface area contributed by atoms with Crippen molar-refractivity contribution in [2.75, 3.05) is 32.1 Å². The first-order valence-electron chi connectivity index (χ1n) is 16.0. The van der Waals surface area contributed by atoms with Crippen molar-refractivity contribution in [2.24, 2.45) is 0 Å². The van der Waals surface area contributed by atoms with Crippen LogP contribution in [0.1, 0.15) is 115 Å². The van der Waals surface area contributed by atoms with Crippen LogP contribution in [-0.2, 0) is 11.2 Å². The molecule has 0 radical (unpaired) electrons. The Bertz CT molecular complexity index is 1130. The molecule has 0 amide bonds. The molecule has 1 aromatic heterocycles. The van der Waals surface area contributed by atoms with Crippen LogP contribution in [0.3, 0.4) is 0 Å². The third-order valence-corrected chi connectivity index (χ3v) is 10.6. The fourth-order valence-corrected chi connectivity index (χ4v) is 8.17. The van der Waals surface area contributed by atoms with E-state index in [1.807, 2.05) is 28.5 Å². The minimum Gasteiger partial charge on any atom is -0.480 e. The van der Waals surface area contributed by atoms with Gasteiger partial charge < -0.3 is 14.6 Å². The molecular formula is C32H51N5O3. The monoisotopic (exact) mass is 553 g/mol. The Balaban J connectivity index is 1.41. The van der Waals surface area contributed by atoms with E-state index >= 15 is 0 Å². The molecule has 5 rings (SSSR count). The summed E-state index contributed by atoms with van der Waals surface area (Å²) in [5, 5.41) is 9.99. The van der Waals surface area contributed by atoms with Crippen molar-refractivity contribution >= 4 is 17.9 Å². The maximum atomic E-state index is 14.2. The number of hydrogen-bond donors (Lipinski definition) is 1. The highest BCUT2D eigenvalue weighted by molar-refractivity contribution is 5.79. The number of aryl methyl sites for hydroxylation is 1. The molecule has 1 aromatic rings. The van der Waals surface area contributed by atoms with Crippen LogP contribution in [0, 0.1) is 0 Å². The molecular weight excluding hydrogens is 502 g/mol. The summed E-state index contributed by atoms with van der Waals surface area (Å²) in [6, 6.07) is 1.86. The second-order valence-electron chi connectivity index (χ2n) is 13.2. The van der Waals surface area contributed by atoms with Gasteiger partial charge in [0.25, 0.3) is 5.56 Å². The Hall–Kier alpha value is -2.19. The van der Waals surface area contributed by atoms with Crippen LogP contribution in [-0.4, -0.2) is 81.3 Å². The minimum atomic E-state index is -0.889. The lowest BCUT2D eigenvalue weighted by Gasteiger charge is -2.43. The molecule has 40 heavy (non-hydrogen) atoms. The largest absolute Gasteiger partial charge is 0.480 e. The van der Waals surface area contributed by atoms with E-state index in [1.54, 1.807) is 0 Å². The normalized spacial score (nSPS) is 26.9. The minimum absolute atomic E-state index is 0.0194. The molecule has 0 bridgehead atoms. The van der Waals surface area contributed by atoms with Crippen LogP contribution in [0.25, 0.3) is 6.08 Å². The number of carbonyl (C=O) groups is 1. The average molecular weight is 554 g/mol. The number of likely N-dealkylation sites (N-methyl/N-ethyl adjacent to an activating group) is 1. The van der Waals surface area contributed by atoms with Gasteiger partial charge in [-0.2, -0.15) is 0 Å². The number of nitrogens with zero attached hydrogens (tertiary/aromatic N) is 5. The molecule has 8 heteroatoms. The predicted molar refractivity (Wildman–Crippen MR) is 161 cm³/mol. The lowest BCUT2D eigenvalue weighted by atomic mass is 9.86. The Morgan fingerprint density at radius 3 is 2.42 bits per heavy atom. The van der Waals surface area contributed by atoms with E-state index < -0.39 is 11.5 Å². The number of allylic oxidation sites excluding steroid dienone is 1. The molecule has 8 nitrogen and oxygen atoms in total. The van der Waals surface area contributed by atoms with Crippen LogP contribution in [0.15, 0.2) is 10.9 Å². The van der Waals surface area contributed by atoms with Crippen molar-refractivity contribution in [1.82, 2.24) is 19.4 Å². The summed E-state index contributed by atoms with van der Waals surface area (Å²) in [6.07, 6.45) is 19.9. The SMILES string of the molecule is CC1CC[C@@H](C[C@H](C)n2c3c(nc(N4CCC(C(=O)O)(N(C)C)CC4)c2=O)CCC=C3)N1C1CCCCCCC1. The van der Waals surface area contributed by atoms with Gasteiger partial charge in [-0.15, -0.1) is 0 Å². The number of hydrogen-bond acceptors (Lipinski definition) is 6. The van der Waals surface area contributed by atoms with Gasteiger partial charge in [0.05, 0.1) is 11.4 Å². The molecule has 4 aliphatic rings. The third-order valence-electron chi connectivity index (χ3n) is 10.6. The van der Waals surface area contributed by atoms with Gasteiger partial charge in [-0.3, -0.25) is 19.4 Å². The fourth-order valence-electron chi connectivity index (χ4n) is 8.17. The number of piperidine rings is 1. The van der Waals surface area contributed by atoms with E-state index in [0.717, 1.165) is 30.7 Å². The number of fused-ring (bicyclic) bond motifs is 1. The molecule has 3 fully saturated rings. The highest BCUT2D eigenvalue weighted by Gasteiger charge is 2.44. The molecule has 2 aliphatic carbocycles. The quantitative estimate of drug-likeness (QED) is 0.503. The lowest BCUT2D eigenvalue weighted by molar-refractivity contribution is -0.151. The Labute approximate surface area is 240 Å². The first-order valence-corrected chi connectivity index (χ1v) is 16.0. The van der Waals surface area contributed by atoms with Crippen molar-refractivity contribution in [2.45, 2.75) is 133 Å². The number of carboxylic acids is 1. The Kier molecular flexibility index (Phi) is 9.05. The van der Waals surface area contributed by atoms with Crippen molar-refractivity contribution in [3.8, 4) is 0 Å². The van der Waals surface area contributed by atoms with E-state index in [2.05, 4.69) is 30.9 Å². The molecule has 2 saturated heterocycles. The summed E-state index contributed by atoms with van der Waals surface area (Å²) in [5.41, 5.74) is 1.07. The third kappa shape index (κ3) is 5.63. The molecule has 1 N–H and O–H groups in total. The zero-order chi connectivity index (χ0) is 28.4. The maximum absolute atomic E-state index is 14.2. The zero-order valence-electron chi connectivity index (χ0n) is 25.3. The molecule has 0 spiro atoms. The van der Waals surface area contributed by atoms with E-state index in [1.165, 1.54) is 57.8 Å². The van der Waals surface area contributed by atoms with Crippen LogP contribution in [0.5, 0.6) is 0 Å². The van der Waals surface area contributed by atoms with Gasteiger partial charge in [0, 0.05) is 37.3 Å². The molecule has 3 heterocycles. The molecule has 0 aromatic carbocycles. The molecule has 1 unspecified atom stereocenters. The first kappa shape index (κ1) is 29.3. The molecule has 1 saturated carbocycles. The highest BCUT2D eigenvalue weighted by Crippen LogP contribution is 2.36. The fraction of sp³-hybridized carbons (Fsp3) is 0.781. The second-order valence-corrected chi connectivity index (χ2v) is 13.2. The average Bonchev–Trinajstić information content (AvgIpc) is 3.27. The second kappa shape index (κ2) is 12.4. The van der Waals surface area contributed by atoms with Crippen LogP contribution in [0.2, 0.25) is 0 Å². The van der Waals surface area contributed by atoms with Crippen molar-refractivity contribution in [1.29, 1.82) is 0 Å². The summed E-state index contributed by atoms with van der Waals surface area (Å²) in [4.78, 5) is 38.0. The smallest absolute Gasteiger partial charge is 0.324 e. The van der Waals surface area contributed by atoms with Gasteiger partial charge in [0.2, 0.25) is 0 Å². The summed E-state index contributed by atoms with van der Waals surface area (Å²) in [5.74, 6) is -0.276. The molecule has 2 aliphatic heterocycles. The van der Waals surface area contributed by atoms with Gasteiger partial charge in [-0.05, 0) is 91.8 Å². The lowest BCUT2D eigenvalue weighted by Crippen LogP contribution is -2.58. The molecule has 222 valence electrons. The summed E-state index contributed by atoms with van der Waals surface area (Å²) >= 11 is 0. The van der Waals surface area contributed by atoms with Crippen LogP contribution >= 0.6 is 0 Å². The van der Waals surface area contributed by atoms with E-state index in [0.29, 0.717) is 49.9 Å². The van der Waals surface area contributed by atoms with Gasteiger partial charge in [0.1, 0.15) is 5.54 Å². The number of aromatic nitrogens is 2. The van der Waals surface area contributed by atoms with Crippen molar-refractivity contribution < 1.29 is 9.90 Å². The number of anilines is 1. The highest BCUT2D eigenvalue weighted by atomic mass is 16.4.